The Labute approximate surface area is 127 Å². The van der Waals surface area contributed by atoms with Crippen LogP contribution in [0, 0.1) is 17.4 Å². The second kappa shape index (κ2) is 6.19. The van der Waals surface area contributed by atoms with Crippen LogP contribution in [-0.2, 0) is 11.2 Å². The predicted octanol–water partition coefficient (Wildman–Crippen LogP) is 4.09. The van der Waals surface area contributed by atoms with Gasteiger partial charge in [0.05, 0.1) is 6.42 Å². The first-order chi connectivity index (χ1) is 9.04. The molecule has 98 valence electrons. The van der Waals surface area contributed by atoms with Gasteiger partial charge in [-0.25, -0.2) is 0 Å². The lowest BCUT2D eigenvalue weighted by Crippen LogP contribution is -2.15. The average Bonchev–Trinajstić information content (AvgIpc) is 2.34. The molecule has 0 heterocycles. The van der Waals surface area contributed by atoms with Gasteiger partial charge in [-0.3, -0.25) is 4.79 Å². The van der Waals surface area contributed by atoms with Crippen LogP contribution in [0.2, 0.25) is 0 Å². The van der Waals surface area contributed by atoms with E-state index < -0.39 is 0 Å². The Balaban J connectivity index is 2.07. The molecule has 0 aromatic heterocycles. The van der Waals surface area contributed by atoms with Crippen molar-refractivity contribution < 1.29 is 4.79 Å². The predicted molar refractivity (Wildman–Crippen MR) is 87.4 cm³/mol. The molecule has 19 heavy (non-hydrogen) atoms. The highest BCUT2D eigenvalue weighted by atomic mass is 127. The fourth-order valence-corrected chi connectivity index (χ4v) is 2.48. The Kier molecular flexibility index (Phi) is 4.58. The normalized spacial score (nSPS) is 10.3. The zero-order valence-corrected chi connectivity index (χ0v) is 13.2. The Morgan fingerprint density at radius 3 is 2.68 bits per heavy atom. The Bertz CT molecular complexity index is 607. The van der Waals surface area contributed by atoms with Gasteiger partial charge in [0.25, 0.3) is 0 Å². The number of amides is 1. The molecule has 1 amide bonds. The molecule has 2 rings (SSSR count). The number of nitrogens with one attached hydrogen (secondary N) is 1. The molecule has 0 spiro atoms. The molecule has 0 radical (unpaired) electrons. The summed E-state index contributed by atoms with van der Waals surface area (Å²) in [6, 6.07) is 14.0. The number of hydrogen-bond acceptors (Lipinski definition) is 1. The molecule has 0 bridgehead atoms. The van der Waals surface area contributed by atoms with E-state index in [0.29, 0.717) is 6.42 Å². The van der Waals surface area contributed by atoms with Crippen molar-refractivity contribution in [3.8, 4) is 0 Å². The minimum atomic E-state index is 0.0238. The third-order valence-corrected chi connectivity index (χ3v) is 3.64. The van der Waals surface area contributed by atoms with Gasteiger partial charge in [-0.1, -0.05) is 29.8 Å². The van der Waals surface area contributed by atoms with Crippen molar-refractivity contribution in [1.29, 1.82) is 0 Å². The highest BCUT2D eigenvalue weighted by Gasteiger charge is 2.07. The van der Waals surface area contributed by atoms with Crippen LogP contribution in [0.3, 0.4) is 0 Å². The maximum absolute atomic E-state index is 12.0. The molecule has 1 N–H and O–H groups in total. The maximum atomic E-state index is 12.0. The van der Waals surface area contributed by atoms with Crippen molar-refractivity contribution in [1.82, 2.24) is 0 Å². The molecule has 0 aliphatic rings. The zero-order chi connectivity index (χ0) is 13.8. The van der Waals surface area contributed by atoms with Crippen LogP contribution in [-0.4, -0.2) is 5.91 Å². The van der Waals surface area contributed by atoms with Crippen molar-refractivity contribution in [3.05, 3.63) is 62.7 Å². The fraction of sp³-hybridized carbons (Fsp3) is 0.188. The van der Waals surface area contributed by atoms with Gasteiger partial charge in [0.15, 0.2) is 0 Å². The first kappa shape index (κ1) is 14.1. The zero-order valence-electron chi connectivity index (χ0n) is 11.0. The van der Waals surface area contributed by atoms with Crippen LogP contribution in [0.25, 0.3) is 0 Å². The van der Waals surface area contributed by atoms with Crippen molar-refractivity contribution in [3.63, 3.8) is 0 Å². The summed E-state index contributed by atoms with van der Waals surface area (Å²) in [5.74, 6) is 0.0238. The van der Waals surface area contributed by atoms with Crippen molar-refractivity contribution in [2.45, 2.75) is 20.3 Å². The maximum Gasteiger partial charge on any atom is 0.228 e. The van der Waals surface area contributed by atoms with E-state index in [1.807, 2.05) is 38.1 Å². The number of aryl methyl sites for hydroxylation is 2. The summed E-state index contributed by atoms with van der Waals surface area (Å²) in [6.07, 6.45) is 0.416. The molecular formula is C16H16INO. The molecule has 0 fully saturated rings. The second-order valence-electron chi connectivity index (χ2n) is 4.67. The van der Waals surface area contributed by atoms with E-state index in [9.17, 15) is 4.79 Å². The van der Waals surface area contributed by atoms with Gasteiger partial charge in [-0.05, 0) is 65.8 Å². The summed E-state index contributed by atoms with van der Waals surface area (Å²) in [7, 11) is 0. The molecule has 0 aliphatic carbocycles. The van der Waals surface area contributed by atoms with Crippen molar-refractivity contribution >= 4 is 34.2 Å². The smallest absolute Gasteiger partial charge is 0.228 e. The number of benzene rings is 2. The Morgan fingerprint density at radius 1 is 1.16 bits per heavy atom. The molecule has 3 heteroatoms. The fourth-order valence-electron chi connectivity index (χ4n) is 1.94. The van der Waals surface area contributed by atoms with E-state index in [2.05, 4.69) is 46.1 Å². The van der Waals surface area contributed by atoms with Crippen molar-refractivity contribution in [2.24, 2.45) is 0 Å². The van der Waals surface area contributed by atoms with Gasteiger partial charge in [0.1, 0.15) is 0 Å². The molecule has 0 unspecified atom stereocenters. The van der Waals surface area contributed by atoms with Crippen LogP contribution in [0.4, 0.5) is 5.69 Å². The first-order valence-corrected chi connectivity index (χ1v) is 7.24. The minimum Gasteiger partial charge on any atom is -0.326 e. The molecule has 2 aromatic rings. The molecule has 0 aliphatic heterocycles. The number of hydrogen-bond donors (Lipinski definition) is 1. The van der Waals surface area contributed by atoms with Gasteiger partial charge >= 0.3 is 0 Å². The van der Waals surface area contributed by atoms with E-state index >= 15 is 0 Å². The summed E-state index contributed by atoms with van der Waals surface area (Å²) >= 11 is 2.23. The molecule has 0 atom stereocenters. The van der Waals surface area contributed by atoms with E-state index in [1.54, 1.807) is 0 Å². The standard InChI is InChI=1S/C16H16INO/c1-11-6-7-12(2)13(8-11)9-16(19)18-15-5-3-4-14(17)10-15/h3-8,10H,9H2,1-2H3,(H,18,19). The molecular weight excluding hydrogens is 349 g/mol. The highest BCUT2D eigenvalue weighted by Crippen LogP contribution is 2.15. The highest BCUT2D eigenvalue weighted by molar-refractivity contribution is 14.1. The van der Waals surface area contributed by atoms with E-state index in [4.69, 9.17) is 0 Å². The lowest BCUT2D eigenvalue weighted by atomic mass is 10.0. The van der Waals surface area contributed by atoms with Gasteiger partial charge in [0, 0.05) is 9.26 Å². The summed E-state index contributed by atoms with van der Waals surface area (Å²) in [6.45, 7) is 4.08. The van der Waals surface area contributed by atoms with Gasteiger partial charge < -0.3 is 5.32 Å². The summed E-state index contributed by atoms with van der Waals surface area (Å²) in [5, 5.41) is 2.93. The molecule has 0 saturated carbocycles. The largest absolute Gasteiger partial charge is 0.326 e. The molecule has 2 nitrogen and oxygen atoms in total. The number of carbonyl (C=O) groups is 1. The molecule has 0 saturated heterocycles. The SMILES string of the molecule is Cc1ccc(C)c(CC(=O)Nc2cccc(I)c2)c1. The first-order valence-electron chi connectivity index (χ1n) is 6.16. The van der Waals surface area contributed by atoms with Crippen molar-refractivity contribution in [2.75, 3.05) is 5.32 Å². The topological polar surface area (TPSA) is 29.1 Å². The van der Waals surface area contributed by atoms with E-state index in [0.717, 1.165) is 20.4 Å². The Morgan fingerprint density at radius 2 is 1.95 bits per heavy atom. The van der Waals surface area contributed by atoms with E-state index in [1.165, 1.54) is 5.56 Å². The van der Waals surface area contributed by atoms with Crippen LogP contribution in [0.15, 0.2) is 42.5 Å². The third-order valence-electron chi connectivity index (χ3n) is 2.96. The van der Waals surface area contributed by atoms with Crippen LogP contribution in [0.1, 0.15) is 16.7 Å². The lowest BCUT2D eigenvalue weighted by Gasteiger charge is -2.08. The summed E-state index contributed by atoms with van der Waals surface area (Å²) in [5.41, 5.74) is 4.27. The van der Waals surface area contributed by atoms with E-state index in [-0.39, 0.29) is 5.91 Å². The number of anilines is 1. The second-order valence-corrected chi connectivity index (χ2v) is 5.91. The molecule has 2 aromatic carbocycles. The number of carbonyl (C=O) groups excluding carboxylic acids is 1. The average molecular weight is 365 g/mol. The lowest BCUT2D eigenvalue weighted by molar-refractivity contribution is -0.115. The van der Waals surface area contributed by atoms with Gasteiger partial charge in [-0.15, -0.1) is 0 Å². The van der Waals surface area contributed by atoms with Gasteiger partial charge in [0.2, 0.25) is 5.91 Å². The van der Waals surface area contributed by atoms with Crippen LogP contribution >= 0.6 is 22.6 Å². The third kappa shape index (κ3) is 4.06. The van der Waals surface area contributed by atoms with Crippen LogP contribution in [0.5, 0.6) is 0 Å². The van der Waals surface area contributed by atoms with Crippen LogP contribution < -0.4 is 5.32 Å². The quantitative estimate of drug-likeness (QED) is 0.816. The monoisotopic (exact) mass is 365 g/mol. The summed E-state index contributed by atoms with van der Waals surface area (Å²) in [4.78, 5) is 12.0. The Hall–Kier alpha value is -1.36. The minimum absolute atomic E-state index is 0.0238. The number of rotatable bonds is 3. The van der Waals surface area contributed by atoms with Gasteiger partial charge in [-0.2, -0.15) is 0 Å². The number of halogens is 1. The summed E-state index contributed by atoms with van der Waals surface area (Å²) < 4.78 is 1.11.